The van der Waals surface area contributed by atoms with Gasteiger partial charge in [0, 0.05) is 23.6 Å². The van der Waals surface area contributed by atoms with E-state index in [0.717, 1.165) is 21.9 Å². The minimum Gasteiger partial charge on any atom is -0.387 e. The Morgan fingerprint density at radius 3 is 3.25 bits per heavy atom. The molecule has 0 radical (unpaired) electrons. The number of hydrogen-bond acceptors (Lipinski definition) is 3. The van der Waals surface area contributed by atoms with Crippen molar-refractivity contribution in [3.05, 3.63) is 17.3 Å². The summed E-state index contributed by atoms with van der Waals surface area (Å²) in [6, 6.07) is -0.128. The third-order valence-corrected chi connectivity index (χ3v) is 3.39. The van der Waals surface area contributed by atoms with E-state index in [1.165, 1.54) is 0 Å². The Hall–Kier alpha value is -0.450. The highest BCUT2D eigenvalue weighted by Crippen LogP contribution is 2.36. The van der Waals surface area contributed by atoms with Gasteiger partial charge in [-0.2, -0.15) is 0 Å². The van der Waals surface area contributed by atoms with E-state index in [9.17, 15) is 5.11 Å². The largest absolute Gasteiger partial charge is 0.387 e. The molecule has 12 heavy (non-hydrogen) atoms. The molecule has 1 aromatic rings. The lowest BCUT2D eigenvalue weighted by molar-refractivity contribution is 0.149. The van der Waals surface area contributed by atoms with Crippen LogP contribution in [0, 0.1) is 6.92 Å². The molecule has 2 unspecified atom stereocenters. The van der Waals surface area contributed by atoms with Gasteiger partial charge in [-0.25, -0.2) is 0 Å². The molecule has 0 spiro atoms. The molecule has 0 aromatic carbocycles. The van der Waals surface area contributed by atoms with E-state index < -0.39 is 6.10 Å². The van der Waals surface area contributed by atoms with E-state index in [-0.39, 0.29) is 6.04 Å². The summed E-state index contributed by atoms with van der Waals surface area (Å²) in [4.78, 5) is 3.12. The zero-order chi connectivity index (χ0) is 8.72. The number of thioether (sulfide) groups is 1. The minimum atomic E-state index is -0.493. The maximum atomic E-state index is 9.74. The second kappa shape index (κ2) is 2.80. The van der Waals surface area contributed by atoms with Crippen LogP contribution in [0.4, 0.5) is 0 Å². The van der Waals surface area contributed by atoms with Crippen LogP contribution in [0.2, 0.25) is 0 Å². The van der Waals surface area contributed by atoms with Crippen molar-refractivity contribution < 1.29 is 5.11 Å². The monoisotopic (exact) mass is 184 g/mol. The summed E-state index contributed by atoms with van der Waals surface area (Å²) in [7, 11) is 0. The molecule has 4 heteroatoms. The molecule has 2 heterocycles. The highest BCUT2D eigenvalue weighted by Gasteiger charge is 2.28. The van der Waals surface area contributed by atoms with Gasteiger partial charge in [0.15, 0.2) is 0 Å². The maximum absolute atomic E-state index is 9.74. The Labute approximate surface area is 75.4 Å². The van der Waals surface area contributed by atoms with Crippen molar-refractivity contribution in [3.63, 3.8) is 0 Å². The lowest BCUT2D eigenvalue weighted by atomic mass is 10.0. The molecular weight excluding hydrogens is 172 g/mol. The van der Waals surface area contributed by atoms with E-state index in [4.69, 9.17) is 5.73 Å². The second-order valence-corrected chi connectivity index (χ2v) is 4.16. The number of nitrogens with two attached hydrogens (primary N) is 1. The number of hydrogen-bond donors (Lipinski definition) is 3. The van der Waals surface area contributed by atoms with E-state index in [1.807, 2.05) is 13.1 Å². The number of aliphatic hydroxyl groups excluding tert-OH is 1. The Morgan fingerprint density at radius 1 is 1.75 bits per heavy atom. The van der Waals surface area contributed by atoms with Crippen molar-refractivity contribution in [2.45, 2.75) is 24.1 Å². The first kappa shape index (κ1) is 8.16. The SMILES string of the molecule is Cc1c[nH]c2c1C(O)C(N)CS2. The van der Waals surface area contributed by atoms with Crippen molar-refractivity contribution >= 4 is 11.8 Å². The van der Waals surface area contributed by atoms with E-state index in [0.29, 0.717) is 0 Å². The highest BCUT2D eigenvalue weighted by molar-refractivity contribution is 7.99. The molecule has 1 aliphatic rings. The summed E-state index contributed by atoms with van der Waals surface area (Å²) in [5.74, 6) is 0.786. The average molecular weight is 184 g/mol. The fourth-order valence-corrected chi connectivity index (χ4v) is 2.60. The van der Waals surface area contributed by atoms with Crippen LogP contribution in [0.1, 0.15) is 17.2 Å². The third kappa shape index (κ3) is 1.07. The first-order valence-electron chi connectivity index (χ1n) is 3.94. The molecule has 66 valence electrons. The van der Waals surface area contributed by atoms with Crippen LogP contribution in [0.15, 0.2) is 11.2 Å². The number of H-pyrrole nitrogens is 1. The molecule has 4 N–H and O–H groups in total. The first-order chi connectivity index (χ1) is 5.70. The van der Waals surface area contributed by atoms with Crippen molar-refractivity contribution in [2.75, 3.05) is 5.75 Å². The smallest absolute Gasteiger partial charge is 0.0977 e. The highest BCUT2D eigenvalue weighted by atomic mass is 32.2. The fourth-order valence-electron chi connectivity index (χ4n) is 1.48. The lowest BCUT2D eigenvalue weighted by Gasteiger charge is -2.24. The molecule has 1 aliphatic heterocycles. The van der Waals surface area contributed by atoms with Gasteiger partial charge < -0.3 is 15.8 Å². The average Bonchev–Trinajstić information content (AvgIpc) is 2.41. The molecule has 2 atom stereocenters. The van der Waals surface area contributed by atoms with Crippen LogP contribution in [-0.2, 0) is 0 Å². The molecule has 0 fully saturated rings. The number of aryl methyl sites for hydroxylation is 1. The zero-order valence-corrected chi connectivity index (χ0v) is 7.69. The molecule has 1 aromatic heterocycles. The molecule has 0 saturated carbocycles. The fraction of sp³-hybridized carbons (Fsp3) is 0.500. The zero-order valence-electron chi connectivity index (χ0n) is 6.87. The van der Waals surface area contributed by atoms with E-state index >= 15 is 0 Å². The quantitative estimate of drug-likeness (QED) is 0.558. The van der Waals surface area contributed by atoms with E-state index in [1.54, 1.807) is 11.8 Å². The van der Waals surface area contributed by atoms with Crippen LogP contribution in [0.5, 0.6) is 0 Å². The molecule has 0 amide bonds. The predicted octanol–water partition coefficient (Wildman–Crippen LogP) is 0.790. The molecule has 0 bridgehead atoms. The van der Waals surface area contributed by atoms with Crippen molar-refractivity contribution in [1.82, 2.24) is 4.98 Å². The van der Waals surface area contributed by atoms with E-state index in [2.05, 4.69) is 4.98 Å². The molecule has 0 aliphatic carbocycles. The number of fused-ring (bicyclic) bond motifs is 1. The topological polar surface area (TPSA) is 62.0 Å². The van der Waals surface area contributed by atoms with Crippen LogP contribution < -0.4 is 5.73 Å². The van der Waals surface area contributed by atoms with Gasteiger partial charge in [-0.3, -0.25) is 0 Å². The standard InChI is InChI=1S/C8H12N2OS/c1-4-2-10-8-6(4)7(11)5(9)3-12-8/h2,5,7,10-11H,3,9H2,1H3. The number of aromatic nitrogens is 1. The van der Waals surface area contributed by atoms with Gasteiger partial charge in [-0.1, -0.05) is 0 Å². The summed E-state index contributed by atoms with van der Waals surface area (Å²) in [6.45, 7) is 1.98. The maximum Gasteiger partial charge on any atom is 0.0977 e. The molecular formula is C8H12N2OS. The van der Waals surface area contributed by atoms with Gasteiger partial charge in [0.1, 0.15) is 0 Å². The van der Waals surface area contributed by atoms with Gasteiger partial charge in [0.05, 0.1) is 11.1 Å². The van der Waals surface area contributed by atoms with Crippen LogP contribution >= 0.6 is 11.8 Å². The summed E-state index contributed by atoms with van der Waals surface area (Å²) < 4.78 is 0. The van der Waals surface area contributed by atoms with Crippen LogP contribution in [-0.4, -0.2) is 21.9 Å². The number of aliphatic hydroxyl groups is 1. The molecule has 3 nitrogen and oxygen atoms in total. The normalized spacial score (nSPS) is 28.6. The first-order valence-corrected chi connectivity index (χ1v) is 4.93. The molecule has 0 saturated heterocycles. The predicted molar refractivity (Wildman–Crippen MR) is 49.2 cm³/mol. The number of nitrogens with one attached hydrogen (secondary N) is 1. The van der Waals surface area contributed by atoms with Crippen LogP contribution in [0.3, 0.4) is 0 Å². The van der Waals surface area contributed by atoms with Gasteiger partial charge in [0.25, 0.3) is 0 Å². The summed E-state index contributed by atoms with van der Waals surface area (Å²) in [5, 5.41) is 10.8. The van der Waals surface area contributed by atoms with Crippen molar-refractivity contribution in [1.29, 1.82) is 0 Å². The van der Waals surface area contributed by atoms with Gasteiger partial charge in [-0.15, -0.1) is 11.8 Å². The molecule has 2 rings (SSSR count). The summed E-state index contributed by atoms with van der Waals surface area (Å²) >= 11 is 1.68. The van der Waals surface area contributed by atoms with Crippen LogP contribution in [0.25, 0.3) is 0 Å². The lowest BCUT2D eigenvalue weighted by Crippen LogP contribution is -2.33. The number of aromatic amines is 1. The summed E-state index contributed by atoms with van der Waals surface area (Å²) in [6.07, 6.45) is 1.42. The Bertz CT molecular complexity index is 297. The van der Waals surface area contributed by atoms with Crippen molar-refractivity contribution in [2.24, 2.45) is 5.73 Å². The third-order valence-electron chi connectivity index (χ3n) is 2.21. The van der Waals surface area contributed by atoms with Gasteiger partial charge >= 0.3 is 0 Å². The Morgan fingerprint density at radius 2 is 2.50 bits per heavy atom. The second-order valence-electron chi connectivity index (χ2n) is 3.13. The minimum absolute atomic E-state index is 0.128. The number of rotatable bonds is 0. The van der Waals surface area contributed by atoms with Gasteiger partial charge in [-0.05, 0) is 12.5 Å². The summed E-state index contributed by atoms with van der Waals surface area (Å²) in [5.41, 5.74) is 7.82. The van der Waals surface area contributed by atoms with Crippen molar-refractivity contribution in [3.8, 4) is 0 Å². The Kier molecular flexibility index (Phi) is 1.90. The Balaban J connectivity index is 2.45. The van der Waals surface area contributed by atoms with Gasteiger partial charge in [0.2, 0.25) is 0 Å².